The van der Waals surface area contributed by atoms with Crippen LogP contribution >= 0.6 is 0 Å². The lowest BCUT2D eigenvalue weighted by Crippen LogP contribution is -2.13. The Morgan fingerprint density at radius 1 is 0.969 bits per heavy atom. The summed E-state index contributed by atoms with van der Waals surface area (Å²) in [6.07, 6.45) is 9.93. The predicted octanol–water partition coefficient (Wildman–Crippen LogP) is 6.09. The molecule has 6 heteroatoms. The minimum atomic E-state index is -0.252. The van der Waals surface area contributed by atoms with Crippen molar-refractivity contribution >= 4 is 33.2 Å². The molecule has 3 aromatic heterocycles. The van der Waals surface area contributed by atoms with Crippen LogP contribution in [0.3, 0.4) is 0 Å². The van der Waals surface area contributed by atoms with E-state index in [4.69, 9.17) is 0 Å². The molecular formula is C26H22FN5. The van der Waals surface area contributed by atoms with Crippen molar-refractivity contribution in [2.75, 3.05) is 11.9 Å². The van der Waals surface area contributed by atoms with Crippen LogP contribution < -0.4 is 10.6 Å². The van der Waals surface area contributed by atoms with E-state index >= 15 is 0 Å². The van der Waals surface area contributed by atoms with Gasteiger partial charge in [-0.3, -0.25) is 4.98 Å². The molecule has 5 nitrogen and oxygen atoms in total. The molecule has 0 aliphatic carbocycles. The molecule has 1 atom stereocenters. The number of hydrogen-bond donors (Lipinski definition) is 3. The number of nitrogens with zero attached hydrogens (tertiary/aromatic N) is 2. The first-order valence-electron chi connectivity index (χ1n) is 10.9. The van der Waals surface area contributed by atoms with Crippen LogP contribution in [-0.2, 0) is 0 Å². The molecule has 1 fully saturated rings. The van der Waals surface area contributed by atoms with Gasteiger partial charge in [0.1, 0.15) is 11.5 Å². The summed E-state index contributed by atoms with van der Waals surface area (Å²) < 4.78 is 13.3. The summed E-state index contributed by atoms with van der Waals surface area (Å²) in [5.41, 5.74) is 6.02. The molecule has 1 unspecified atom stereocenters. The monoisotopic (exact) mass is 423 g/mol. The summed E-state index contributed by atoms with van der Waals surface area (Å²) in [6, 6.07) is 15.4. The molecule has 4 heterocycles. The van der Waals surface area contributed by atoms with Gasteiger partial charge in [0.25, 0.3) is 0 Å². The van der Waals surface area contributed by atoms with Crippen LogP contribution in [-0.4, -0.2) is 21.5 Å². The lowest BCUT2D eigenvalue weighted by Gasteiger charge is -2.16. The quantitative estimate of drug-likeness (QED) is 0.327. The van der Waals surface area contributed by atoms with Gasteiger partial charge in [0.15, 0.2) is 0 Å². The molecule has 0 bridgehead atoms. The van der Waals surface area contributed by atoms with E-state index in [2.05, 4.69) is 49.9 Å². The summed E-state index contributed by atoms with van der Waals surface area (Å²) in [6.45, 7) is 1.05. The maximum Gasteiger partial charge on any atom is 0.139 e. The molecule has 0 spiro atoms. The van der Waals surface area contributed by atoms with Gasteiger partial charge < -0.3 is 15.6 Å². The normalized spacial score (nSPS) is 16.1. The Bertz CT molecular complexity index is 1420. The number of nitrogens with one attached hydrogen (secondary N) is 3. The second-order valence-corrected chi connectivity index (χ2v) is 8.27. The third-order valence-corrected chi connectivity index (χ3v) is 6.21. The van der Waals surface area contributed by atoms with Crippen molar-refractivity contribution in [1.29, 1.82) is 0 Å². The lowest BCUT2D eigenvalue weighted by molar-refractivity contribution is 0.628. The number of pyridine rings is 2. The van der Waals surface area contributed by atoms with Gasteiger partial charge in [-0.15, -0.1) is 0 Å². The van der Waals surface area contributed by atoms with E-state index < -0.39 is 0 Å². The Morgan fingerprint density at radius 2 is 1.88 bits per heavy atom. The third kappa shape index (κ3) is 3.39. The first-order chi connectivity index (χ1) is 15.7. The van der Waals surface area contributed by atoms with Crippen LogP contribution in [0.1, 0.15) is 24.4 Å². The zero-order valence-electron chi connectivity index (χ0n) is 17.4. The van der Waals surface area contributed by atoms with Gasteiger partial charge in [-0.05, 0) is 84.4 Å². The van der Waals surface area contributed by atoms with Crippen LogP contribution in [0.5, 0.6) is 0 Å². The Balaban J connectivity index is 1.44. The van der Waals surface area contributed by atoms with Crippen LogP contribution in [0.4, 0.5) is 15.8 Å². The number of fused-ring (bicyclic) bond motifs is 2. The molecule has 1 aliphatic heterocycles. The highest BCUT2D eigenvalue weighted by atomic mass is 19.1. The SMILES string of the molecule is Fc1ccc(Nc2c[nH]c3ncc(-c4cc(C5CCCN5)c5cnccc5c4)cc23)cc1. The number of hydrogen-bond acceptors (Lipinski definition) is 4. The van der Waals surface area contributed by atoms with Crippen molar-refractivity contribution in [1.82, 2.24) is 20.3 Å². The predicted molar refractivity (Wildman–Crippen MR) is 126 cm³/mol. The molecular weight excluding hydrogens is 401 g/mol. The van der Waals surface area contributed by atoms with E-state index in [1.807, 2.05) is 24.8 Å². The fourth-order valence-electron chi connectivity index (χ4n) is 4.59. The van der Waals surface area contributed by atoms with Crippen LogP contribution in [0.25, 0.3) is 32.9 Å². The first kappa shape index (κ1) is 19.0. The standard InChI is InChI=1S/C26H22FN5/c27-19-3-5-20(6-4-19)32-25-15-31-26-22(25)12-18(13-30-26)17-10-16-7-9-28-14-23(16)21(11-17)24-2-1-8-29-24/h3-7,9-15,24,29,32H,1-2,8H2,(H,30,31). The molecule has 2 aromatic carbocycles. The average molecular weight is 423 g/mol. The fourth-order valence-corrected chi connectivity index (χ4v) is 4.59. The van der Waals surface area contributed by atoms with E-state index in [1.54, 1.807) is 12.1 Å². The van der Waals surface area contributed by atoms with Gasteiger partial charge in [-0.1, -0.05) is 0 Å². The topological polar surface area (TPSA) is 65.6 Å². The van der Waals surface area contributed by atoms with E-state index in [0.717, 1.165) is 46.5 Å². The zero-order valence-corrected chi connectivity index (χ0v) is 17.4. The Morgan fingerprint density at radius 3 is 2.72 bits per heavy atom. The van der Waals surface area contributed by atoms with Crippen molar-refractivity contribution in [2.45, 2.75) is 18.9 Å². The van der Waals surface area contributed by atoms with E-state index in [0.29, 0.717) is 6.04 Å². The van der Waals surface area contributed by atoms with Gasteiger partial charge in [0.05, 0.1) is 5.69 Å². The summed E-state index contributed by atoms with van der Waals surface area (Å²) in [4.78, 5) is 12.2. The van der Waals surface area contributed by atoms with Crippen LogP contribution in [0, 0.1) is 5.82 Å². The van der Waals surface area contributed by atoms with E-state index in [9.17, 15) is 4.39 Å². The molecule has 5 aromatic rings. The first-order valence-corrected chi connectivity index (χ1v) is 10.9. The van der Waals surface area contributed by atoms with Crippen molar-refractivity contribution in [3.8, 4) is 11.1 Å². The number of rotatable bonds is 4. The van der Waals surface area contributed by atoms with Gasteiger partial charge in [-0.2, -0.15) is 0 Å². The largest absolute Gasteiger partial charge is 0.354 e. The lowest BCUT2D eigenvalue weighted by atomic mass is 9.94. The molecule has 158 valence electrons. The number of aromatic amines is 1. The Hall–Kier alpha value is -3.77. The highest BCUT2D eigenvalue weighted by molar-refractivity contribution is 5.96. The summed E-state index contributed by atoms with van der Waals surface area (Å²) >= 11 is 0. The zero-order chi connectivity index (χ0) is 21.5. The van der Waals surface area contributed by atoms with Crippen LogP contribution in [0.15, 0.2) is 73.3 Å². The minimum absolute atomic E-state index is 0.252. The van der Waals surface area contributed by atoms with Crippen molar-refractivity contribution < 1.29 is 4.39 Å². The maximum absolute atomic E-state index is 13.3. The molecule has 6 rings (SSSR count). The van der Waals surface area contributed by atoms with Gasteiger partial charge >= 0.3 is 0 Å². The molecule has 3 N–H and O–H groups in total. The Labute approximate surface area is 184 Å². The van der Waals surface area contributed by atoms with Gasteiger partial charge in [-0.25, -0.2) is 9.37 Å². The van der Waals surface area contributed by atoms with Gasteiger partial charge in [0, 0.05) is 52.9 Å². The fraction of sp³-hybridized carbons (Fsp3) is 0.154. The number of benzene rings is 2. The smallest absolute Gasteiger partial charge is 0.139 e. The highest BCUT2D eigenvalue weighted by Gasteiger charge is 2.20. The number of aromatic nitrogens is 3. The minimum Gasteiger partial charge on any atom is -0.354 e. The molecule has 0 saturated carbocycles. The molecule has 0 amide bonds. The number of anilines is 2. The summed E-state index contributed by atoms with van der Waals surface area (Å²) in [7, 11) is 0. The Kier molecular flexibility index (Phi) is 4.58. The molecule has 0 radical (unpaired) electrons. The molecule has 1 aliphatic rings. The summed E-state index contributed by atoms with van der Waals surface area (Å²) in [5.74, 6) is -0.252. The van der Waals surface area contributed by atoms with Crippen molar-refractivity contribution in [3.05, 3.63) is 84.7 Å². The number of halogens is 1. The maximum atomic E-state index is 13.3. The van der Waals surface area contributed by atoms with Gasteiger partial charge in [0.2, 0.25) is 0 Å². The average Bonchev–Trinajstić information content (AvgIpc) is 3.50. The second kappa shape index (κ2) is 7.73. The molecule has 32 heavy (non-hydrogen) atoms. The van der Waals surface area contributed by atoms with Crippen molar-refractivity contribution in [3.63, 3.8) is 0 Å². The van der Waals surface area contributed by atoms with E-state index in [1.165, 1.54) is 34.9 Å². The highest BCUT2D eigenvalue weighted by Crippen LogP contribution is 2.35. The van der Waals surface area contributed by atoms with Crippen LogP contribution in [0.2, 0.25) is 0 Å². The molecule has 1 saturated heterocycles. The second-order valence-electron chi connectivity index (χ2n) is 8.27. The van der Waals surface area contributed by atoms with E-state index in [-0.39, 0.29) is 5.82 Å². The summed E-state index contributed by atoms with van der Waals surface area (Å²) in [5, 5.41) is 10.4. The van der Waals surface area contributed by atoms with Crippen molar-refractivity contribution in [2.24, 2.45) is 0 Å². The number of H-pyrrole nitrogens is 1. The third-order valence-electron chi connectivity index (χ3n) is 6.21.